The number of pyridine rings is 1. The smallest absolute Gasteiger partial charge is 0.286 e. The monoisotopic (exact) mass is 560 g/mol. The summed E-state index contributed by atoms with van der Waals surface area (Å²) in [6, 6.07) is 6.64. The minimum atomic E-state index is -4.32. The van der Waals surface area contributed by atoms with Crippen molar-refractivity contribution in [3.63, 3.8) is 0 Å². The van der Waals surface area contributed by atoms with E-state index < -0.39 is 31.6 Å². The number of hydrogen-bond acceptors (Lipinski definition) is 8. The van der Waals surface area contributed by atoms with E-state index in [-0.39, 0.29) is 69.4 Å². The van der Waals surface area contributed by atoms with E-state index in [1.165, 1.54) is 30.3 Å². The molecule has 1 amide bonds. The third-order valence-electron chi connectivity index (χ3n) is 7.85. The van der Waals surface area contributed by atoms with Crippen molar-refractivity contribution in [3.8, 4) is 0 Å². The first-order valence-corrected chi connectivity index (χ1v) is 15.7. The predicted molar refractivity (Wildman–Crippen MR) is 136 cm³/mol. The van der Waals surface area contributed by atoms with Gasteiger partial charge in [-0.2, -0.15) is 8.42 Å². The largest absolute Gasteiger partial charge is 0.511 e. The molecule has 6 rings (SSSR count). The van der Waals surface area contributed by atoms with Crippen LogP contribution < -0.4 is 5.32 Å². The fraction of sp³-hybridized carbons (Fsp3) is 0.400. The number of hydrogen-bond donors (Lipinski definition) is 2. The molecule has 4 unspecified atom stereocenters. The molecule has 2 fully saturated rings. The van der Waals surface area contributed by atoms with Crippen LogP contribution in [0.25, 0.3) is 0 Å². The first kappa shape index (κ1) is 25.0. The molecule has 2 bridgehead atoms. The number of halogens is 1. The first-order chi connectivity index (χ1) is 17.9. The van der Waals surface area contributed by atoms with E-state index in [0.29, 0.717) is 5.69 Å². The van der Waals surface area contributed by atoms with Gasteiger partial charge in [0.05, 0.1) is 29.9 Å². The molecular weight excluding hydrogens is 535 g/mol. The number of nitrogens with one attached hydrogen (secondary N) is 1. The van der Waals surface area contributed by atoms with E-state index >= 15 is 0 Å². The average molecular weight is 561 g/mol. The molecule has 1 aromatic heterocycles. The molecule has 10 nitrogen and oxygen atoms in total. The molecule has 3 heterocycles. The summed E-state index contributed by atoms with van der Waals surface area (Å²) in [6.45, 7) is 0.0751. The summed E-state index contributed by atoms with van der Waals surface area (Å²) in [6.07, 6.45) is 4.79. The van der Waals surface area contributed by atoms with Crippen LogP contribution in [0.2, 0.25) is 0 Å². The second-order valence-electron chi connectivity index (χ2n) is 10.5. The summed E-state index contributed by atoms with van der Waals surface area (Å²) in [5, 5.41) is 14.3. The summed E-state index contributed by atoms with van der Waals surface area (Å²) in [7, 11) is -7.72. The molecule has 2 aliphatic carbocycles. The highest BCUT2D eigenvalue weighted by Crippen LogP contribution is 2.55. The van der Waals surface area contributed by atoms with Gasteiger partial charge in [-0.1, -0.05) is 6.07 Å². The Morgan fingerprint density at radius 3 is 2.66 bits per heavy atom. The number of nitrogens with zero attached hydrogens (tertiary/aromatic N) is 3. The Bertz CT molecular complexity index is 1640. The zero-order chi connectivity index (χ0) is 27.0. The molecule has 200 valence electrons. The van der Waals surface area contributed by atoms with E-state index in [4.69, 9.17) is 0 Å². The van der Waals surface area contributed by atoms with Gasteiger partial charge < -0.3 is 15.3 Å². The van der Waals surface area contributed by atoms with Gasteiger partial charge in [0.25, 0.3) is 15.9 Å². The molecule has 2 saturated carbocycles. The van der Waals surface area contributed by atoms with Gasteiger partial charge in [0.1, 0.15) is 22.0 Å². The van der Waals surface area contributed by atoms with Crippen molar-refractivity contribution < 1.29 is 31.1 Å². The number of aliphatic hydroxyl groups excluding tert-OH is 1. The maximum atomic E-state index is 13.9. The lowest BCUT2D eigenvalue weighted by molar-refractivity contribution is -0.134. The van der Waals surface area contributed by atoms with E-state index in [1.54, 1.807) is 4.90 Å². The number of sulfonamides is 1. The predicted octanol–water partition coefficient (Wildman–Crippen LogP) is 2.55. The quantitative estimate of drug-likeness (QED) is 0.567. The first-order valence-electron chi connectivity index (χ1n) is 12.2. The minimum Gasteiger partial charge on any atom is -0.511 e. The van der Waals surface area contributed by atoms with Crippen LogP contribution >= 0.6 is 0 Å². The number of sulfone groups is 1. The Morgan fingerprint density at radius 1 is 1.18 bits per heavy atom. The number of anilines is 1. The van der Waals surface area contributed by atoms with Crippen LogP contribution in [0.15, 0.2) is 57.2 Å². The Balaban J connectivity index is 1.41. The molecule has 4 atom stereocenters. The number of aromatic nitrogens is 1. The third kappa shape index (κ3) is 4.17. The summed E-state index contributed by atoms with van der Waals surface area (Å²) in [4.78, 5) is 19.4. The summed E-state index contributed by atoms with van der Waals surface area (Å²) < 4.78 is 67.0. The van der Waals surface area contributed by atoms with Gasteiger partial charge in [0.15, 0.2) is 15.7 Å². The fourth-order valence-electron chi connectivity index (χ4n) is 6.43. The topological polar surface area (TPSA) is 146 Å². The Hall–Kier alpha value is -3.32. The van der Waals surface area contributed by atoms with E-state index in [9.17, 15) is 31.1 Å². The van der Waals surface area contributed by atoms with E-state index in [1.807, 2.05) is 0 Å². The van der Waals surface area contributed by atoms with Crippen LogP contribution in [0.5, 0.6) is 0 Å². The lowest BCUT2D eigenvalue weighted by atomic mass is 9.78. The van der Waals surface area contributed by atoms with Gasteiger partial charge in [0, 0.05) is 18.2 Å². The van der Waals surface area contributed by atoms with Crippen LogP contribution in [-0.4, -0.2) is 55.9 Å². The van der Waals surface area contributed by atoms with Crippen molar-refractivity contribution >= 4 is 37.3 Å². The van der Waals surface area contributed by atoms with Crippen LogP contribution in [0.3, 0.4) is 0 Å². The lowest BCUT2D eigenvalue weighted by Crippen LogP contribution is -2.53. The van der Waals surface area contributed by atoms with Crippen molar-refractivity contribution in [1.29, 1.82) is 0 Å². The maximum Gasteiger partial charge on any atom is 0.286 e. The van der Waals surface area contributed by atoms with Crippen LogP contribution in [-0.2, 0) is 37.0 Å². The molecule has 2 aromatic rings. The van der Waals surface area contributed by atoms with Gasteiger partial charge in [-0.25, -0.2) is 12.8 Å². The highest BCUT2D eigenvalue weighted by atomic mass is 32.2. The van der Waals surface area contributed by atoms with Gasteiger partial charge in [0.2, 0.25) is 0 Å². The molecule has 0 radical (unpaired) electrons. The minimum absolute atomic E-state index is 0.0751. The van der Waals surface area contributed by atoms with Crippen LogP contribution in [0, 0.1) is 23.6 Å². The molecule has 0 spiro atoms. The van der Waals surface area contributed by atoms with Crippen molar-refractivity contribution in [3.05, 3.63) is 64.9 Å². The average Bonchev–Trinajstić information content (AvgIpc) is 3.45. The van der Waals surface area contributed by atoms with Crippen LogP contribution in [0.4, 0.5) is 10.1 Å². The lowest BCUT2D eigenvalue weighted by Gasteiger charge is -2.44. The Labute approximate surface area is 219 Å². The SMILES string of the molecule is CS(=O)(=O)Cc1ccc2c(c1)S(=O)(=O)N=C(C1=C(O)C3C4CCC(C4)C3N(Cc3ccc(F)cn3)C1=O)N2. The van der Waals surface area contributed by atoms with Crippen molar-refractivity contribution in [2.45, 2.75) is 42.5 Å². The highest BCUT2D eigenvalue weighted by Gasteiger charge is 2.57. The highest BCUT2D eigenvalue weighted by molar-refractivity contribution is 7.90. The normalized spacial score (nSPS) is 27.6. The number of aliphatic hydroxyl groups is 1. The molecule has 38 heavy (non-hydrogen) atoms. The molecule has 2 N–H and O–H groups in total. The van der Waals surface area contributed by atoms with Crippen molar-refractivity contribution in [1.82, 2.24) is 9.88 Å². The summed E-state index contributed by atoms with van der Waals surface area (Å²) in [5.41, 5.74) is 0.670. The number of amidine groups is 1. The fourth-order valence-corrected chi connectivity index (χ4v) is 8.39. The van der Waals surface area contributed by atoms with Gasteiger partial charge >= 0.3 is 0 Å². The zero-order valence-electron chi connectivity index (χ0n) is 20.3. The molecule has 1 aromatic carbocycles. The number of rotatable bonds is 5. The summed E-state index contributed by atoms with van der Waals surface area (Å²) >= 11 is 0. The number of benzene rings is 1. The van der Waals surface area contributed by atoms with Gasteiger partial charge in [-0.05, 0) is 60.9 Å². The molecule has 2 aliphatic heterocycles. The Morgan fingerprint density at radius 2 is 1.95 bits per heavy atom. The molecule has 4 aliphatic rings. The number of carbonyl (C=O) groups excluding carboxylic acids is 1. The maximum absolute atomic E-state index is 13.9. The zero-order valence-corrected chi connectivity index (χ0v) is 22.0. The third-order valence-corrected chi connectivity index (χ3v) is 10.0. The second-order valence-corrected chi connectivity index (χ2v) is 14.2. The van der Waals surface area contributed by atoms with E-state index in [2.05, 4.69) is 14.7 Å². The number of fused-ring (bicyclic) bond motifs is 6. The van der Waals surface area contributed by atoms with Gasteiger partial charge in [-0.3, -0.25) is 9.78 Å². The van der Waals surface area contributed by atoms with Gasteiger partial charge in [-0.15, -0.1) is 4.40 Å². The number of amides is 1. The standard InChI is InChI=1S/C25H25FN4O6S2/c1-37(33,34)12-13-2-7-18-19(8-13)38(35,36)29-24(28-18)21-23(31)20-14-3-4-15(9-14)22(20)30(25(21)32)11-17-6-5-16(26)10-27-17/h2,5-8,10,14-15,20,22,31H,3-4,9,11-12H2,1H3,(H,28,29). The van der Waals surface area contributed by atoms with Crippen LogP contribution in [0.1, 0.15) is 30.5 Å². The molecule has 0 saturated heterocycles. The van der Waals surface area contributed by atoms with Crippen molar-refractivity contribution in [2.75, 3.05) is 11.6 Å². The molecule has 13 heteroatoms. The van der Waals surface area contributed by atoms with E-state index in [0.717, 1.165) is 31.7 Å². The van der Waals surface area contributed by atoms with Crippen molar-refractivity contribution in [2.24, 2.45) is 22.2 Å². The second kappa shape index (κ2) is 8.60. The summed E-state index contributed by atoms with van der Waals surface area (Å²) in [5.74, 6) is -1.91. The Kier molecular flexibility index (Phi) is 5.65. The number of carbonyl (C=O) groups is 1. The molecular formula is C25H25FN4O6S2.